The van der Waals surface area contributed by atoms with Crippen molar-refractivity contribution in [1.82, 2.24) is 30.6 Å². The molecule has 12 heteroatoms. The summed E-state index contributed by atoms with van der Waals surface area (Å²) in [5, 5.41) is 9.91. The predicted molar refractivity (Wildman–Crippen MR) is 167 cm³/mol. The highest BCUT2D eigenvalue weighted by Gasteiger charge is 2.40. The minimum atomic E-state index is -0.844. The SMILES string of the molecule is CC(C)C[C@H]1NC(=O)c2ccccc2OCc2noc(n2)CCCCCCCCNC(=O)[C@H](C)N(C)C(=O)[C@H]2CCCN2C1=O. The highest BCUT2D eigenvalue weighted by molar-refractivity contribution is 6.00. The summed E-state index contributed by atoms with van der Waals surface area (Å²) in [6.45, 7) is 6.64. The fourth-order valence-electron chi connectivity index (χ4n) is 5.86. The van der Waals surface area contributed by atoms with Crippen LogP contribution in [0, 0.1) is 5.92 Å². The fourth-order valence-corrected chi connectivity index (χ4v) is 5.86. The van der Waals surface area contributed by atoms with Crippen molar-refractivity contribution in [3.63, 3.8) is 0 Å². The van der Waals surface area contributed by atoms with E-state index in [4.69, 9.17) is 9.26 Å². The van der Waals surface area contributed by atoms with Crippen molar-refractivity contribution in [2.75, 3.05) is 20.1 Å². The number of aryl methyl sites for hydroxylation is 1. The first-order valence-electron chi connectivity index (χ1n) is 16.3. The number of nitrogens with zero attached hydrogens (tertiary/aromatic N) is 4. The molecule has 4 amide bonds. The van der Waals surface area contributed by atoms with Crippen molar-refractivity contribution in [1.29, 1.82) is 0 Å². The van der Waals surface area contributed by atoms with Crippen LogP contribution in [0.25, 0.3) is 0 Å². The highest BCUT2D eigenvalue weighted by atomic mass is 16.5. The first-order valence-corrected chi connectivity index (χ1v) is 16.3. The van der Waals surface area contributed by atoms with E-state index in [0.29, 0.717) is 56.2 Å². The molecule has 45 heavy (non-hydrogen) atoms. The first-order chi connectivity index (χ1) is 21.7. The third-order valence-corrected chi connectivity index (χ3v) is 8.55. The number of rotatable bonds is 2. The van der Waals surface area contributed by atoms with Gasteiger partial charge in [-0.05, 0) is 57.1 Å². The van der Waals surface area contributed by atoms with Gasteiger partial charge in [-0.2, -0.15) is 4.98 Å². The van der Waals surface area contributed by atoms with E-state index in [9.17, 15) is 19.2 Å². The van der Waals surface area contributed by atoms with Crippen LogP contribution in [0.5, 0.6) is 5.75 Å². The van der Waals surface area contributed by atoms with Crippen molar-refractivity contribution in [3.8, 4) is 5.75 Å². The molecule has 0 radical (unpaired) electrons. The topological polar surface area (TPSA) is 147 Å². The number of amides is 4. The number of para-hydroxylation sites is 1. The number of nitrogens with one attached hydrogen (secondary N) is 2. The van der Waals surface area contributed by atoms with Crippen molar-refractivity contribution in [3.05, 3.63) is 41.5 Å². The molecule has 1 aromatic heterocycles. The number of aromatic nitrogens is 2. The molecule has 0 spiro atoms. The van der Waals surface area contributed by atoms with E-state index < -0.39 is 24.0 Å². The number of benzene rings is 1. The number of hydrogen-bond acceptors (Lipinski definition) is 8. The molecule has 3 heterocycles. The van der Waals surface area contributed by atoms with E-state index in [0.717, 1.165) is 38.5 Å². The van der Waals surface area contributed by atoms with Gasteiger partial charge in [0, 0.05) is 26.6 Å². The molecule has 2 bridgehead atoms. The van der Waals surface area contributed by atoms with Crippen LogP contribution in [0.1, 0.15) is 101 Å². The lowest BCUT2D eigenvalue weighted by molar-refractivity contribution is -0.147. The monoisotopic (exact) mass is 624 g/mol. The van der Waals surface area contributed by atoms with Crippen LogP contribution in [0.4, 0.5) is 0 Å². The summed E-state index contributed by atoms with van der Waals surface area (Å²) < 4.78 is 11.3. The molecule has 0 aliphatic carbocycles. The Balaban J connectivity index is 1.55. The molecule has 1 aromatic carbocycles. The highest BCUT2D eigenvalue weighted by Crippen LogP contribution is 2.24. The van der Waals surface area contributed by atoms with E-state index in [-0.39, 0.29) is 35.8 Å². The van der Waals surface area contributed by atoms with Crippen LogP contribution >= 0.6 is 0 Å². The van der Waals surface area contributed by atoms with Crippen molar-refractivity contribution in [2.45, 2.75) is 110 Å². The zero-order chi connectivity index (χ0) is 32.3. The van der Waals surface area contributed by atoms with Crippen molar-refractivity contribution in [2.24, 2.45) is 5.92 Å². The molecular weight excluding hydrogens is 576 g/mol. The van der Waals surface area contributed by atoms with E-state index in [1.54, 1.807) is 43.1 Å². The Kier molecular flexibility index (Phi) is 12.3. The molecule has 1 saturated heterocycles. The second-order valence-electron chi connectivity index (χ2n) is 12.5. The zero-order valence-electron chi connectivity index (χ0n) is 27.0. The second-order valence-corrected chi connectivity index (χ2v) is 12.5. The Morgan fingerprint density at radius 2 is 1.71 bits per heavy atom. The number of fused-ring (bicyclic) bond motifs is 4. The molecular formula is C33H48N6O6. The average molecular weight is 625 g/mol. The number of likely N-dealkylation sites (N-methyl/N-ethyl adjacent to an activating group) is 1. The molecule has 2 N–H and O–H groups in total. The van der Waals surface area contributed by atoms with Crippen LogP contribution in [0.15, 0.2) is 28.8 Å². The van der Waals surface area contributed by atoms with Gasteiger partial charge in [-0.15, -0.1) is 0 Å². The largest absolute Gasteiger partial charge is 0.485 e. The third kappa shape index (κ3) is 9.27. The van der Waals surface area contributed by atoms with Crippen LogP contribution in [0.3, 0.4) is 0 Å². The lowest BCUT2D eigenvalue weighted by atomic mass is 10.0. The maximum atomic E-state index is 14.0. The molecule has 2 aliphatic rings. The van der Waals surface area contributed by atoms with E-state index in [1.165, 1.54) is 4.90 Å². The molecule has 0 unspecified atom stereocenters. The standard InChI is InChI=1S/C33H48N6O6/c1-22(2)20-25-32(42)39-19-13-15-26(39)33(43)38(4)23(3)30(40)34-18-12-8-6-5-7-9-17-29-36-28(37-45-29)21-44-27-16-11-10-14-24(27)31(41)35-25/h10-11,14,16,22-23,25-26H,5-9,12-13,15,17-21H2,1-4H3,(H,34,40)(H,35,41)/t23-,25+,26+/m0/s1. The lowest BCUT2D eigenvalue weighted by Gasteiger charge is -2.33. The number of carbonyl (C=O) groups is 4. The Morgan fingerprint density at radius 3 is 2.49 bits per heavy atom. The summed E-state index contributed by atoms with van der Waals surface area (Å²) in [5.41, 5.74) is 0.276. The predicted octanol–water partition coefficient (Wildman–Crippen LogP) is 3.64. The Labute approximate surface area is 265 Å². The number of ether oxygens (including phenoxy) is 1. The Hall–Kier alpha value is -3.96. The smallest absolute Gasteiger partial charge is 0.255 e. The average Bonchev–Trinajstić information content (AvgIpc) is 3.70. The molecule has 12 nitrogen and oxygen atoms in total. The van der Waals surface area contributed by atoms with Gasteiger partial charge in [0.05, 0.1) is 5.56 Å². The second kappa shape index (κ2) is 16.4. The zero-order valence-corrected chi connectivity index (χ0v) is 27.0. The third-order valence-electron chi connectivity index (χ3n) is 8.55. The summed E-state index contributed by atoms with van der Waals surface area (Å²) >= 11 is 0. The maximum absolute atomic E-state index is 14.0. The first kappa shape index (κ1) is 33.9. The Morgan fingerprint density at radius 1 is 0.978 bits per heavy atom. The van der Waals surface area contributed by atoms with Gasteiger partial charge in [0.2, 0.25) is 29.4 Å². The summed E-state index contributed by atoms with van der Waals surface area (Å²) in [7, 11) is 1.61. The van der Waals surface area contributed by atoms with Gasteiger partial charge in [-0.3, -0.25) is 19.2 Å². The van der Waals surface area contributed by atoms with Gasteiger partial charge in [-0.1, -0.05) is 56.8 Å². The van der Waals surface area contributed by atoms with Crippen LogP contribution in [-0.2, 0) is 27.4 Å². The summed E-state index contributed by atoms with van der Waals surface area (Å²) in [6, 6.07) is 4.60. The summed E-state index contributed by atoms with van der Waals surface area (Å²) in [6.07, 6.45) is 8.18. The van der Waals surface area contributed by atoms with E-state index in [2.05, 4.69) is 20.8 Å². The quantitative estimate of drug-likeness (QED) is 0.515. The number of hydrogen-bond donors (Lipinski definition) is 2. The Bertz CT molecular complexity index is 1310. The summed E-state index contributed by atoms with van der Waals surface area (Å²) in [5.74, 6) is 0.123. The van der Waals surface area contributed by atoms with Gasteiger partial charge in [0.1, 0.15) is 23.9 Å². The van der Waals surface area contributed by atoms with Crippen molar-refractivity contribution < 1.29 is 28.4 Å². The van der Waals surface area contributed by atoms with Crippen LogP contribution in [0.2, 0.25) is 0 Å². The maximum Gasteiger partial charge on any atom is 0.255 e. The molecule has 2 aromatic rings. The van der Waals surface area contributed by atoms with Crippen molar-refractivity contribution >= 4 is 23.6 Å². The van der Waals surface area contributed by atoms with E-state index in [1.807, 2.05) is 13.8 Å². The van der Waals surface area contributed by atoms with Crippen LogP contribution in [-0.4, -0.2) is 81.8 Å². The molecule has 2 aliphatic heterocycles. The molecule has 4 rings (SSSR count). The summed E-state index contributed by atoms with van der Waals surface area (Å²) in [4.78, 5) is 61.5. The number of carbonyl (C=O) groups excluding carboxylic acids is 4. The molecule has 3 atom stereocenters. The van der Waals surface area contributed by atoms with E-state index >= 15 is 0 Å². The lowest BCUT2D eigenvalue weighted by Crippen LogP contribution is -2.56. The molecule has 246 valence electrons. The van der Waals surface area contributed by atoms with Crippen LogP contribution < -0.4 is 15.4 Å². The molecule has 1 fully saturated rings. The minimum absolute atomic E-state index is 0.0300. The van der Waals surface area contributed by atoms with Gasteiger partial charge < -0.3 is 29.7 Å². The molecule has 0 saturated carbocycles. The van der Waals surface area contributed by atoms with Gasteiger partial charge >= 0.3 is 0 Å². The van der Waals surface area contributed by atoms with Gasteiger partial charge in [-0.25, -0.2) is 0 Å². The minimum Gasteiger partial charge on any atom is -0.485 e. The normalized spacial score (nSPS) is 23.6. The fraction of sp³-hybridized carbons (Fsp3) is 0.636. The van der Waals surface area contributed by atoms with Gasteiger partial charge in [0.15, 0.2) is 6.61 Å². The van der Waals surface area contributed by atoms with Gasteiger partial charge in [0.25, 0.3) is 5.91 Å².